The van der Waals surface area contributed by atoms with Crippen LogP contribution in [0.15, 0.2) is 36.4 Å². The van der Waals surface area contributed by atoms with Gasteiger partial charge >= 0.3 is 6.18 Å². The van der Waals surface area contributed by atoms with Crippen LogP contribution in [-0.2, 0) is 11.0 Å². The fourth-order valence-electron chi connectivity index (χ4n) is 1.90. The Morgan fingerprint density at radius 1 is 1.15 bits per heavy atom. The van der Waals surface area contributed by atoms with E-state index < -0.39 is 28.9 Å². The molecule has 0 atom stereocenters. The largest absolute Gasteiger partial charge is 0.456 e. The normalized spacial score (nSPS) is 12.0. The molecule has 0 fully saturated rings. The van der Waals surface area contributed by atoms with Gasteiger partial charge in [0.15, 0.2) is 0 Å². The lowest BCUT2D eigenvalue weighted by Crippen LogP contribution is -2.32. The highest BCUT2D eigenvalue weighted by molar-refractivity contribution is 6.32. The third kappa shape index (κ3) is 5.26. The maximum Gasteiger partial charge on any atom is 0.416 e. The zero-order valence-corrected chi connectivity index (χ0v) is 15.8. The summed E-state index contributed by atoms with van der Waals surface area (Å²) in [6, 6.07) is 6.03. The molecule has 27 heavy (non-hydrogen) atoms. The van der Waals surface area contributed by atoms with Crippen molar-refractivity contribution in [1.29, 1.82) is 0 Å². The molecule has 0 saturated carbocycles. The zero-order valence-electron chi connectivity index (χ0n) is 14.3. The first kappa shape index (κ1) is 21.3. The molecule has 0 aliphatic rings. The second-order valence-corrected chi connectivity index (χ2v) is 7.03. The van der Waals surface area contributed by atoms with Crippen molar-refractivity contribution in [2.75, 3.05) is 11.2 Å². The number of rotatable bonds is 5. The van der Waals surface area contributed by atoms with Crippen molar-refractivity contribution in [3.8, 4) is 11.5 Å². The van der Waals surface area contributed by atoms with E-state index in [-0.39, 0.29) is 28.1 Å². The molecule has 2 rings (SSSR count). The maximum absolute atomic E-state index is 14.2. The van der Waals surface area contributed by atoms with Crippen molar-refractivity contribution >= 4 is 34.8 Å². The Morgan fingerprint density at radius 2 is 1.81 bits per heavy atom. The standard InChI is InChI=1S/C18H15Cl2F4NO2/c1-17(2,9-19)16(26)25-14-6-4-11(8-13(14)21)27-15-7-10(18(22,23)24)3-5-12(15)20/h3-8H,9H2,1-2H3,(H,25,26). The highest BCUT2D eigenvalue weighted by Gasteiger charge is 2.31. The number of benzene rings is 2. The third-order valence-corrected chi connectivity index (χ3v) is 4.60. The van der Waals surface area contributed by atoms with E-state index in [1.165, 1.54) is 12.1 Å². The fourth-order valence-corrected chi connectivity index (χ4v) is 2.18. The van der Waals surface area contributed by atoms with E-state index in [0.717, 1.165) is 24.3 Å². The Morgan fingerprint density at radius 3 is 2.37 bits per heavy atom. The van der Waals surface area contributed by atoms with Crippen LogP contribution in [0.2, 0.25) is 5.02 Å². The van der Waals surface area contributed by atoms with E-state index in [4.69, 9.17) is 27.9 Å². The number of amides is 1. The number of alkyl halides is 4. The van der Waals surface area contributed by atoms with Crippen LogP contribution in [0.5, 0.6) is 11.5 Å². The van der Waals surface area contributed by atoms with Gasteiger partial charge in [0.25, 0.3) is 0 Å². The quantitative estimate of drug-likeness (QED) is 0.440. The Kier molecular flexibility index (Phi) is 6.27. The molecule has 0 aliphatic carbocycles. The number of anilines is 1. The molecule has 0 saturated heterocycles. The minimum atomic E-state index is -4.57. The van der Waals surface area contributed by atoms with Gasteiger partial charge in [0.05, 0.1) is 21.7 Å². The van der Waals surface area contributed by atoms with E-state index in [1.807, 2.05) is 0 Å². The van der Waals surface area contributed by atoms with Crippen molar-refractivity contribution in [2.24, 2.45) is 5.41 Å². The number of carbonyl (C=O) groups is 1. The van der Waals surface area contributed by atoms with Crippen LogP contribution in [0, 0.1) is 11.2 Å². The Bertz CT molecular complexity index is 854. The topological polar surface area (TPSA) is 38.3 Å². The van der Waals surface area contributed by atoms with Crippen LogP contribution in [0.3, 0.4) is 0 Å². The first-order valence-electron chi connectivity index (χ1n) is 7.65. The molecule has 2 aromatic carbocycles. The van der Waals surface area contributed by atoms with Crippen molar-refractivity contribution in [3.63, 3.8) is 0 Å². The lowest BCUT2D eigenvalue weighted by molar-refractivity contribution is -0.137. The van der Waals surface area contributed by atoms with Gasteiger partial charge in [-0.3, -0.25) is 4.79 Å². The van der Waals surface area contributed by atoms with Crippen LogP contribution < -0.4 is 10.1 Å². The summed E-state index contributed by atoms with van der Waals surface area (Å²) >= 11 is 11.5. The highest BCUT2D eigenvalue weighted by atomic mass is 35.5. The van der Waals surface area contributed by atoms with Gasteiger partial charge in [-0.25, -0.2) is 4.39 Å². The molecule has 1 N–H and O–H groups in total. The third-order valence-electron chi connectivity index (χ3n) is 3.62. The van der Waals surface area contributed by atoms with Crippen LogP contribution in [0.25, 0.3) is 0 Å². The number of hydrogen-bond acceptors (Lipinski definition) is 2. The number of ether oxygens (including phenoxy) is 1. The molecule has 0 aliphatic heterocycles. The summed E-state index contributed by atoms with van der Waals surface area (Å²) in [7, 11) is 0. The molecular weight excluding hydrogens is 409 g/mol. The Hall–Kier alpha value is -1.99. The van der Waals surface area contributed by atoms with Crippen LogP contribution in [0.1, 0.15) is 19.4 Å². The Balaban J connectivity index is 2.23. The molecule has 9 heteroatoms. The molecule has 0 unspecified atom stereocenters. The van der Waals surface area contributed by atoms with Gasteiger partial charge in [0, 0.05) is 11.9 Å². The molecule has 146 valence electrons. The average molecular weight is 424 g/mol. The molecular formula is C18H15Cl2F4NO2. The predicted octanol–water partition coefficient (Wildman–Crippen LogP) is 6.49. The van der Waals surface area contributed by atoms with Crippen LogP contribution in [0.4, 0.5) is 23.2 Å². The zero-order chi connectivity index (χ0) is 20.4. The summed E-state index contributed by atoms with van der Waals surface area (Å²) in [4.78, 5) is 12.1. The molecule has 0 heterocycles. The van der Waals surface area contributed by atoms with Crippen LogP contribution >= 0.6 is 23.2 Å². The molecule has 0 spiro atoms. The first-order valence-corrected chi connectivity index (χ1v) is 8.57. The minimum Gasteiger partial charge on any atom is -0.456 e. The Labute approximate surface area is 163 Å². The van der Waals surface area contributed by atoms with Crippen molar-refractivity contribution < 1.29 is 27.1 Å². The second-order valence-electron chi connectivity index (χ2n) is 6.36. The van der Waals surface area contributed by atoms with E-state index in [1.54, 1.807) is 13.8 Å². The second kappa shape index (κ2) is 7.94. The van der Waals surface area contributed by atoms with Gasteiger partial charge in [0.2, 0.25) is 5.91 Å². The lowest BCUT2D eigenvalue weighted by Gasteiger charge is -2.20. The van der Waals surface area contributed by atoms with E-state index in [2.05, 4.69) is 5.32 Å². The van der Waals surface area contributed by atoms with Crippen molar-refractivity contribution in [3.05, 3.63) is 52.8 Å². The monoisotopic (exact) mass is 423 g/mol. The summed E-state index contributed by atoms with van der Waals surface area (Å²) in [5, 5.41) is 2.34. The molecule has 0 bridgehead atoms. The van der Waals surface area contributed by atoms with E-state index in [0.29, 0.717) is 0 Å². The van der Waals surface area contributed by atoms with E-state index >= 15 is 0 Å². The SMILES string of the molecule is CC(C)(CCl)C(=O)Nc1ccc(Oc2cc(C(F)(F)F)ccc2Cl)cc1F. The lowest BCUT2D eigenvalue weighted by atomic mass is 9.95. The number of hydrogen-bond donors (Lipinski definition) is 1. The molecule has 2 aromatic rings. The maximum atomic E-state index is 14.2. The fraction of sp³-hybridized carbons (Fsp3) is 0.278. The average Bonchev–Trinajstić information content (AvgIpc) is 2.58. The molecule has 0 aromatic heterocycles. The first-order chi connectivity index (χ1) is 12.4. The molecule has 1 amide bonds. The van der Waals surface area contributed by atoms with Gasteiger partial charge in [0.1, 0.15) is 17.3 Å². The summed E-state index contributed by atoms with van der Waals surface area (Å²) in [6.45, 7) is 3.20. The minimum absolute atomic E-state index is 0.0374. The number of halogens is 6. The molecule has 3 nitrogen and oxygen atoms in total. The summed E-state index contributed by atoms with van der Waals surface area (Å²) in [5.41, 5.74) is -1.97. The summed E-state index contributed by atoms with van der Waals surface area (Å²) < 4.78 is 57.9. The molecule has 0 radical (unpaired) electrons. The van der Waals surface area contributed by atoms with Crippen LogP contribution in [-0.4, -0.2) is 11.8 Å². The number of nitrogens with one attached hydrogen (secondary N) is 1. The highest BCUT2D eigenvalue weighted by Crippen LogP contribution is 2.37. The van der Waals surface area contributed by atoms with E-state index in [9.17, 15) is 22.4 Å². The van der Waals surface area contributed by atoms with Gasteiger partial charge in [-0.15, -0.1) is 11.6 Å². The number of carbonyl (C=O) groups excluding carboxylic acids is 1. The van der Waals surface area contributed by atoms with Crippen molar-refractivity contribution in [1.82, 2.24) is 0 Å². The summed E-state index contributed by atoms with van der Waals surface area (Å²) in [5.74, 6) is -1.62. The summed E-state index contributed by atoms with van der Waals surface area (Å²) in [6.07, 6.45) is -4.57. The van der Waals surface area contributed by atoms with Gasteiger partial charge in [-0.05, 0) is 44.2 Å². The predicted molar refractivity (Wildman–Crippen MR) is 96.1 cm³/mol. The van der Waals surface area contributed by atoms with Gasteiger partial charge in [-0.2, -0.15) is 13.2 Å². The smallest absolute Gasteiger partial charge is 0.416 e. The van der Waals surface area contributed by atoms with Crippen molar-refractivity contribution in [2.45, 2.75) is 20.0 Å². The van der Waals surface area contributed by atoms with Gasteiger partial charge < -0.3 is 10.1 Å². The van der Waals surface area contributed by atoms with Gasteiger partial charge in [-0.1, -0.05) is 11.6 Å².